The minimum Gasteiger partial charge on any atom is -0.672 e. The molecule has 0 rings (SSSR count). The predicted molar refractivity (Wildman–Crippen MR) is 18.6 cm³/mol. The topological polar surface area (TPSA) is 126 Å². The van der Waals surface area contributed by atoms with Gasteiger partial charge in [0.25, 0.3) is 0 Å². The molecule has 0 aliphatic heterocycles. The second-order valence-electron chi connectivity index (χ2n) is 0.500. The van der Waals surface area contributed by atoms with Gasteiger partial charge < -0.3 is 28.1 Å². The van der Waals surface area contributed by atoms with Crippen LogP contribution in [0.5, 0.6) is 0 Å². The molecule has 0 saturated heterocycles. The van der Waals surface area contributed by atoms with Crippen molar-refractivity contribution in [2.75, 3.05) is 0 Å². The molecule has 10 heavy (non-hydrogen) atoms. The van der Waals surface area contributed by atoms with Gasteiger partial charge in [-0.3, -0.25) is 0 Å². The van der Waals surface area contributed by atoms with Gasteiger partial charge in [0, 0.05) is 18.3 Å². The largest absolute Gasteiger partial charge is 2.00 e. The van der Waals surface area contributed by atoms with Crippen LogP contribution in [0.1, 0.15) is 0 Å². The summed E-state index contributed by atoms with van der Waals surface area (Å²) >= 11 is 0. The Kier molecular flexibility index (Phi) is 37.7. The Morgan fingerprint density at radius 3 is 0.800 bits per heavy atom. The van der Waals surface area contributed by atoms with Gasteiger partial charge in [-0.05, 0) is 0 Å². The minimum absolute atomic E-state index is 0. The van der Waals surface area contributed by atoms with Gasteiger partial charge in [-0.2, -0.15) is 0 Å². The zero-order valence-electron chi connectivity index (χ0n) is 4.46. The zero-order chi connectivity index (χ0) is 7.15. The van der Waals surface area contributed by atoms with E-state index in [2.05, 4.69) is 0 Å². The summed E-state index contributed by atoms with van der Waals surface area (Å²) in [5, 5.41) is 0. The summed E-state index contributed by atoms with van der Waals surface area (Å²) in [4.78, 5) is 34.1. The average molecular weight is 353 g/mol. The van der Waals surface area contributed by atoms with Gasteiger partial charge in [0.1, 0.15) is 0 Å². The maximum Gasteiger partial charge on any atom is 2.00 e. The second-order valence-corrected chi connectivity index (χ2v) is 1.50. The summed E-state index contributed by atoms with van der Waals surface area (Å²) in [6.07, 6.45) is 0. The monoisotopic (exact) mass is 353 g/mol. The van der Waals surface area contributed by atoms with Crippen LogP contribution < -0.4 is 19.2 Å². The maximum absolute atomic E-state index is 8.52. The van der Waals surface area contributed by atoms with Crippen molar-refractivity contribution in [1.29, 1.82) is 0 Å². The Labute approximate surface area is 111 Å². The molecule has 0 spiro atoms. The van der Waals surface area contributed by atoms with E-state index < -0.39 is 18.3 Å². The summed E-state index contributed by atoms with van der Waals surface area (Å²) < 4.78 is 17.0. The van der Waals surface area contributed by atoms with Crippen LogP contribution in [-0.4, -0.2) is 67.2 Å². The summed E-state index contributed by atoms with van der Waals surface area (Å²) in [5.74, 6) is 0. The molecule has 0 aromatic carbocycles. The molecule has 0 saturated carbocycles. The molecule has 0 bridgehead atoms. The molecule has 0 amide bonds. The Balaban J connectivity index is -0.0000000300. The summed E-state index contributed by atoms with van der Waals surface area (Å²) in [6.45, 7) is 0. The van der Waals surface area contributed by atoms with Gasteiger partial charge in [0.05, 0.1) is 0 Å². The molecule has 1 radical (unpaired) electrons. The third-order valence-corrected chi connectivity index (χ3v) is 0. The molecule has 0 aromatic heterocycles. The maximum atomic E-state index is 8.52. The summed E-state index contributed by atoms with van der Waals surface area (Å²) in [6, 6.07) is 0. The average Bonchev–Trinajstić information content (AvgIpc) is 1.25. The van der Waals surface area contributed by atoms with E-state index in [1.165, 1.54) is 0 Å². The molecule has 0 heterocycles. The molecule has 10 heteroatoms. The van der Waals surface area contributed by atoms with Crippen molar-refractivity contribution >= 4 is 67.2 Å². The molecule has 0 aromatic rings. The Bertz CT molecular complexity index is 73.7. The van der Waals surface area contributed by atoms with Gasteiger partial charge in [-0.1, -0.05) is 0 Å². The van der Waals surface area contributed by atoms with E-state index in [0.29, 0.717) is 0 Å². The van der Waals surface area contributed by atoms with E-state index in [9.17, 15) is 0 Å². The van der Waals surface area contributed by atoms with Gasteiger partial charge >= 0.3 is 65.9 Å². The van der Waals surface area contributed by atoms with Crippen LogP contribution >= 0.6 is 0 Å². The third-order valence-electron chi connectivity index (χ3n) is 0. The molecular weight excluding hydrogens is 353 g/mol. The van der Waals surface area contributed by atoms with Crippen molar-refractivity contribution in [3.8, 4) is 0 Å². The number of hydrogen-bond acceptors (Lipinski definition) is 6. The van der Waals surface area contributed by atoms with Crippen molar-refractivity contribution in [2.45, 2.75) is 0 Å². The van der Waals surface area contributed by atoms with Crippen LogP contribution in [0.3, 0.4) is 0 Å². The molecule has 0 N–H and O–H groups in total. The zero-order valence-corrected chi connectivity index (χ0v) is 11.8. The fourth-order valence-corrected chi connectivity index (χ4v) is 0. The quantitative estimate of drug-likeness (QED) is 0.399. The van der Waals surface area contributed by atoms with E-state index in [-0.39, 0.29) is 65.9 Å². The fourth-order valence-electron chi connectivity index (χ4n) is 0. The normalized spacial score (nSPS) is 4.80. The van der Waals surface area contributed by atoms with Crippen molar-refractivity contribution in [1.82, 2.24) is 0 Å². The second kappa shape index (κ2) is 16.7. The number of hydrogen-bond donors (Lipinski definition) is 0. The third kappa shape index (κ3) is 368. The number of rotatable bonds is 0. The molecule has 0 atom stereocenters. The fraction of sp³-hybridized carbons (Fsp3) is 0. The van der Waals surface area contributed by atoms with Crippen molar-refractivity contribution in [2.24, 2.45) is 0 Å². The molecule has 57 valence electrons. The summed E-state index contributed by atoms with van der Waals surface area (Å²) in [7, 11) is -7.26. The van der Waals surface area contributed by atoms with E-state index in [1.54, 1.807) is 0 Å². The molecular formula is BaCuO6Si2. The minimum atomic E-state index is -3.63. The van der Waals surface area contributed by atoms with Crippen molar-refractivity contribution in [3.63, 3.8) is 0 Å². The van der Waals surface area contributed by atoms with Crippen LogP contribution in [0.4, 0.5) is 0 Å². The smallest absolute Gasteiger partial charge is 0.672 e. The van der Waals surface area contributed by atoms with Crippen LogP contribution in [-0.2, 0) is 26.0 Å². The van der Waals surface area contributed by atoms with E-state index in [1.807, 2.05) is 0 Å². The van der Waals surface area contributed by atoms with Crippen LogP contribution in [0, 0.1) is 0 Å². The first-order valence-corrected chi connectivity index (χ1v) is 3.67. The van der Waals surface area contributed by atoms with Crippen molar-refractivity contribution < 1.29 is 45.2 Å². The molecule has 0 aliphatic carbocycles. The van der Waals surface area contributed by atoms with Crippen LogP contribution in [0.15, 0.2) is 0 Å². The van der Waals surface area contributed by atoms with Gasteiger partial charge in [0.2, 0.25) is 0 Å². The standard InChI is InChI=1S/Ba.Cu.2O3Si/c;;2*1-4(2)3/q2*+2;2*-2. The first-order chi connectivity index (χ1) is 3.46. The van der Waals surface area contributed by atoms with Gasteiger partial charge in [-0.25, -0.2) is 0 Å². The molecule has 0 fully saturated rings. The first-order valence-electron chi connectivity index (χ1n) is 1.22. The predicted octanol–water partition coefficient (Wildman–Crippen LogP) is -6.14. The summed E-state index contributed by atoms with van der Waals surface area (Å²) in [5.41, 5.74) is 0. The Morgan fingerprint density at radius 2 is 0.800 bits per heavy atom. The molecule has 0 unspecified atom stereocenters. The van der Waals surface area contributed by atoms with Gasteiger partial charge in [-0.15, -0.1) is 0 Å². The Morgan fingerprint density at radius 1 is 0.800 bits per heavy atom. The van der Waals surface area contributed by atoms with E-state index in [0.717, 1.165) is 0 Å². The first kappa shape index (κ1) is 22.5. The Hall–Kier alpha value is 1.32. The SMILES string of the molecule is O=[Si]([O-])[O-].O=[Si]([O-])[O-].[Ba+2].[Cu+2]. The van der Waals surface area contributed by atoms with Crippen LogP contribution in [0.2, 0.25) is 0 Å². The molecule has 0 aliphatic rings. The van der Waals surface area contributed by atoms with E-state index >= 15 is 0 Å². The van der Waals surface area contributed by atoms with Crippen molar-refractivity contribution in [3.05, 3.63) is 0 Å². The van der Waals surface area contributed by atoms with Gasteiger partial charge in [0.15, 0.2) is 0 Å². The van der Waals surface area contributed by atoms with Crippen LogP contribution in [0.25, 0.3) is 0 Å². The van der Waals surface area contributed by atoms with E-state index in [4.69, 9.17) is 28.1 Å². The molecule has 6 nitrogen and oxygen atoms in total.